The van der Waals surface area contributed by atoms with E-state index in [1.165, 1.54) is 0 Å². The van der Waals surface area contributed by atoms with Crippen molar-refractivity contribution < 1.29 is 14.3 Å². The van der Waals surface area contributed by atoms with Gasteiger partial charge in [-0.25, -0.2) is 0 Å². The molecule has 1 aromatic carbocycles. The van der Waals surface area contributed by atoms with Crippen LogP contribution in [0.5, 0.6) is 5.75 Å². The van der Waals surface area contributed by atoms with Crippen LogP contribution in [0, 0.1) is 0 Å². The number of carbonyl (C=O) groups excluding carboxylic acids is 2. The van der Waals surface area contributed by atoms with E-state index in [1.807, 2.05) is 24.3 Å². The number of hydrogen-bond donors (Lipinski definition) is 2. The first kappa shape index (κ1) is 14.8. The molecule has 1 saturated heterocycles. The van der Waals surface area contributed by atoms with Crippen LogP contribution in [0.2, 0.25) is 0 Å². The van der Waals surface area contributed by atoms with Gasteiger partial charge in [-0.05, 0) is 31.5 Å². The molecule has 2 aliphatic heterocycles. The molecule has 1 fully saturated rings. The number of ether oxygens (including phenoxy) is 1. The van der Waals surface area contributed by atoms with Crippen LogP contribution in [-0.2, 0) is 9.59 Å². The fourth-order valence-electron chi connectivity index (χ4n) is 2.89. The second-order valence-corrected chi connectivity index (χ2v) is 5.66. The van der Waals surface area contributed by atoms with E-state index in [4.69, 9.17) is 4.74 Å². The number of para-hydroxylation sites is 2. The number of amides is 2. The molecule has 2 heterocycles. The first-order valence-corrected chi connectivity index (χ1v) is 7.76. The lowest BCUT2D eigenvalue weighted by molar-refractivity contribution is -0.122. The topological polar surface area (TPSA) is 70.7 Å². The van der Waals surface area contributed by atoms with Gasteiger partial charge in [0, 0.05) is 25.6 Å². The van der Waals surface area contributed by atoms with Crippen molar-refractivity contribution in [3.05, 3.63) is 24.3 Å². The lowest BCUT2D eigenvalue weighted by Crippen LogP contribution is -2.47. The molecule has 0 bridgehead atoms. The fraction of sp³-hybridized carbons (Fsp3) is 0.500. The van der Waals surface area contributed by atoms with Gasteiger partial charge in [0.15, 0.2) is 6.61 Å². The van der Waals surface area contributed by atoms with Crippen LogP contribution in [0.1, 0.15) is 19.3 Å². The van der Waals surface area contributed by atoms with Crippen molar-refractivity contribution in [2.24, 2.45) is 0 Å². The van der Waals surface area contributed by atoms with Crippen LogP contribution in [0.25, 0.3) is 0 Å². The predicted molar refractivity (Wildman–Crippen MR) is 82.9 cm³/mol. The highest BCUT2D eigenvalue weighted by atomic mass is 16.5. The number of rotatable bonds is 4. The molecule has 0 spiro atoms. The van der Waals surface area contributed by atoms with E-state index >= 15 is 0 Å². The summed E-state index contributed by atoms with van der Waals surface area (Å²) in [5.74, 6) is 0.579. The minimum absolute atomic E-state index is 0.00882. The Hall–Kier alpha value is -2.08. The molecule has 6 nitrogen and oxygen atoms in total. The van der Waals surface area contributed by atoms with Crippen LogP contribution in [0.4, 0.5) is 5.69 Å². The minimum Gasteiger partial charge on any atom is -0.482 e. The fourth-order valence-corrected chi connectivity index (χ4v) is 2.89. The first-order valence-electron chi connectivity index (χ1n) is 7.76. The molecule has 2 amide bonds. The third kappa shape index (κ3) is 3.39. The summed E-state index contributed by atoms with van der Waals surface area (Å²) >= 11 is 0. The van der Waals surface area contributed by atoms with Crippen molar-refractivity contribution in [3.8, 4) is 5.75 Å². The van der Waals surface area contributed by atoms with Gasteiger partial charge in [-0.3, -0.25) is 9.59 Å². The van der Waals surface area contributed by atoms with Crippen LogP contribution in [0.15, 0.2) is 24.3 Å². The van der Waals surface area contributed by atoms with Crippen LogP contribution in [0.3, 0.4) is 0 Å². The Kier molecular flexibility index (Phi) is 4.58. The maximum absolute atomic E-state index is 12.1. The Morgan fingerprint density at radius 3 is 3.09 bits per heavy atom. The smallest absolute Gasteiger partial charge is 0.265 e. The third-order valence-corrected chi connectivity index (χ3v) is 4.03. The van der Waals surface area contributed by atoms with Gasteiger partial charge < -0.3 is 20.3 Å². The zero-order valence-corrected chi connectivity index (χ0v) is 12.5. The van der Waals surface area contributed by atoms with Gasteiger partial charge in [0.2, 0.25) is 5.91 Å². The molecule has 1 aromatic rings. The summed E-state index contributed by atoms with van der Waals surface area (Å²) in [4.78, 5) is 25.7. The van der Waals surface area contributed by atoms with Gasteiger partial charge in [-0.2, -0.15) is 0 Å². The number of nitrogens with zero attached hydrogens (tertiary/aromatic N) is 1. The van der Waals surface area contributed by atoms with Crippen molar-refractivity contribution in [2.75, 3.05) is 31.1 Å². The number of carbonyl (C=O) groups is 2. The van der Waals surface area contributed by atoms with E-state index in [9.17, 15) is 9.59 Å². The molecule has 1 atom stereocenters. The molecule has 2 aliphatic rings. The van der Waals surface area contributed by atoms with E-state index in [0.29, 0.717) is 18.7 Å². The number of hydrogen-bond acceptors (Lipinski definition) is 4. The molecule has 2 N–H and O–H groups in total. The number of anilines is 1. The summed E-state index contributed by atoms with van der Waals surface area (Å²) in [5, 5.41) is 6.30. The second-order valence-electron chi connectivity index (χ2n) is 5.66. The molecule has 0 radical (unpaired) electrons. The van der Waals surface area contributed by atoms with Crippen LogP contribution in [-0.4, -0.2) is 44.1 Å². The van der Waals surface area contributed by atoms with E-state index in [1.54, 1.807) is 4.90 Å². The molecule has 1 unspecified atom stereocenters. The Bertz CT molecular complexity index is 555. The minimum atomic E-state index is -0.106. The SMILES string of the molecule is O=C(CCN1C(=O)COc2ccccc21)NC1CCCNC1. The normalized spacial score (nSPS) is 21.0. The average Bonchev–Trinajstić information content (AvgIpc) is 2.55. The van der Waals surface area contributed by atoms with Crippen LogP contribution >= 0.6 is 0 Å². The summed E-state index contributed by atoms with van der Waals surface area (Å²) in [6.07, 6.45) is 2.40. The lowest BCUT2D eigenvalue weighted by atomic mass is 10.1. The maximum atomic E-state index is 12.1. The van der Waals surface area contributed by atoms with Crippen molar-refractivity contribution in [2.45, 2.75) is 25.3 Å². The monoisotopic (exact) mass is 303 g/mol. The van der Waals surface area contributed by atoms with Crippen molar-refractivity contribution in [1.29, 1.82) is 0 Å². The number of nitrogens with one attached hydrogen (secondary N) is 2. The number of fused-ring (bicyclic) bond motifs is 1. The Morgan fingerprint density at radius 1 is 1.41 bits per heavy atom. The molecule has 0 aliphatic carbocycles. The zero-order chi connectivity index (χ0) is 15.4. The Labute approximate surface area is 129 Å². The molecule has 3 rings (SSSR count). The van der Waals surface area contributed by atoms with Gasteiger partial charge in [-0.15, -0.1) is 0 Å². The highest BCUT2D eigenvalue weighted by Crippen LogP contribution is 2.31. The van der Waals surface area contributed by atoms with Gasteiger partial charge in [0.1, 0.15) is 5.75 Å². The van der Waals surface area contributed by atoms with E-state index in [2.05, 4.69) is 10.6 Å². The highest BCUT2D eigenvalue weighted by molar-refractivity contribution is 5.98. The molecular formula is C16H21N3O3. The Morgan fingerprint density at radius 2 is 2.27 bits per heavy atom. The van der Waals surface area contributed by atoms with Crippen LogP contribution < -0.4 is 20.3 Å². The predicted octanol–water partition coefficient (Wildman–Crippen LogP) is 0.670. The second kappa shape index (κ2) is 6.79. The summed E-state index contributed by atoms with van der Waals surface area (Å²) in [6.45, 7) is 2.26. The summed E-state index contributed by atoms with van der Waals surface area (Å²) in [7, 11) is 0. The average molecular weight is 303 g/mol. The van der Waals surface area contributed by atoms with Gasteiger partial charge in [0.25, 0.3) is 5.91 Å². The van der Waals surface area contributed by atoms with Gasteiger partial charge in [-0.1, -0.05) is 12.1 Å². The Balaban J connectivity index is 1.56. The number of benzene rings is 1. The summed E-state index contributed by atoms with van der Waals surface area (Å²) in [6, 6.07) is 7.61. The van der Waals surface area contributed by atoms with Gasteiger partial charge in [0.05, 0.1) is 5.69 Å². The van der Waals surface area contributed by atoms with Crippen molar-refractivity contribution in [1.82, 2.24) is 10.6 Å². The summed E-state index contributed by atoms with van der Waals surface area (Å²) in [5.41, 5.74) is 0.742. The molecule has 0 aromatic heterocycles. The largest absolute Gasteiger partial charge is 0.482 e. The van der Waals surface area contributed by atoms with Crippen molar-refractivity contribution in [3.63, 3.8) is 0 Å². The van der Waals surface area contributed by atoms with Crippen molar-refractivity contribution >= 4 is 17.5 Å². The number of piperidine rings is 1. The first-order chi connectivity index (χ1) is 10.7. The lowest BCUT2D eigenvalue weighted by Gasteiger charge is -2.29. The molecule has 6 heteroatoms. The van der Waals surface area contributed by atoms with Gasteiger partial charge >= 0.3 is 0 Å². The zero-order valence-electron chi connectivity index (χ0n) is 12.5. The van der Waals surface area contributed by atoms with E-state index < -0.39 is 0 Å². The van der Waals surface area contributed by atoms with E-state index in [-0.39, 0.29) is 24.5 Å². The van der Waals surface area contributed by atoms with E-state index in [0.717, 1.165) is 31.6 Å². The standard InChI is InChI=1S/C16H21N3O3/c20-15(18-12-4-3-8-17-10-12)7-9-19-13-5-1-2-6-14(13)22-11-16(19)21/h1-2,5-6,12,17H,3-4,7-11H2,(H,18,20). The molecule has 118 valence electrons. The third-order valence-electron chi connectivity index (χ3n) is 4.03. The molecular weight excluding hydrogens is 282 g/mol. The molecule has 22 heavy (non-hydrogen) atoms. The molecule has 0 saturated carbocycles. The maximum Gasteiger partial charge on any atom is 0.265 e. The quantitative estimate of drug-likeness (QED) is 0.858. The summed E-state index contributed by atoms with van der Waals surface area (Å²) < 4.78 is 5.39. The highest BCUT2D eigenvalue weighted by Gasteiger charge is 2.25.